The predicted molar refractivity (Wildman–Crippen MR) is 89.9 cm³/mol. The minimum absolute atomic E-state index is 0.443. The quantitative estimate of drug-likeness (QED) is 0.910. The second-order valence-electron chi connectivity index (χ2n) is 6.74. The molecular formula is C19H24N2O. The first kappa shape index (κ1) is 14.2. The van der Waals surface area contributed by atoms with Crippen LogP contribution in [0.4, 0.5) is 0 Å². The summed E-state index contributed by atoms with van der Waals surface area (Å²) in [5.74, 6) is 0.796. The smallest absolute Gasteiger partial charge is 0.0920 e. The Labute approximate surface area is 131 Å². The molecule has 3 saturated heterocycles. The molecule has 3 heteroatoms. The molecule has 2 aromatic carbocycles. The maximum atomic E-state index is 10.6. The Hall–Kier alpha value is -1.42. The summed E-state index contributed by atoms with van der Waals surface area (Å²) in [6, 6.07) is 15.0. The van der Waals surface area contributed by atoms with Gasteiger partial charge in [0.15, 0.2) is 0 Å². The van der Waals surface area contributed by atoms with Gasteiger partial charge < -0.3 is 15.3 Å². The number of aliphatic hydroxyl groups excluding tert-OH is 1. The van der Waals surface area contributed by atoms with Crippen molar-refractivity contribution in [1.29, 1.82) is 0 Å². The molecule has 0 radical (unpaired) electrons. The molecule has 2 bridgehead atoms. The van der Waals surface area contributed by atoms with Crippen molar-refractivity contribution >= 4 is 10.8 Å². The summed E-state index contributed by atoms with van der Waals surface area (Å²) in [7, 11) is 0. The summed E-state index contributed by atoms with van der Waals surface area (Å²) >= 11 is 0. The van der Waals surface area contributed by atoms with Crippen molar-refractivity contribution in [2.45, 2.75) is 25.0 Å². The lowest BCUT2D eigenvalue weighted by molar-refractivity contribution is 0.0637. The van der Waals surface area contributed by atoms with Crippen LogP contribution in [0.3, 0.4) is 0 Å². The average Bonchev–Trinajstić information content (AvgIpc) is 2.60. The Balaban J connectivity index is 1.46. The van der Waals surface area contributed by atoms with Crippen LogP contribution in [0.5, 0.6) is 0 Å². The topological polar surface area (TPSA) is 35.5 Å². The first-order valence-electron chi connectivity index (χ1n) is 8.43. The van der Waals surface area contributed by atoms with Crippen LogP contribution in [0.1, 0.15) is 24.5 Å². The number of aliphatic hydroxyl groups is 1. The number of nitrogens with zero attached hydrogens (tertiary/aromatic N) is 1. The lowest BCUT2D eigenvalue weighted by Crippen LogP contribution is -2.56. The molecule has 3 aliphatic heterocycles. The zero-order chi connectivity index (χ0) is 14.9. The van der Waals surface area contributed by atoms with Crippen LogP contribution in [0.2, 0.25) is 0 Å². The van der Waals surface area contributed by atoms with Gasteiger partial charge in [-0.25, -0.2) is 0 Å². The number of fused-ring (bicyclic) bond motifs is 4. The van der Waals surface area contributed by atoms with Crippen molar-refractivity contribution in [3.05, 3.63) is 48.0 Å². The molecule has 5 rings (SSSR count). The third-order valence-electron chi connectivity index (χ3n) is 5.41. The van der Waals surface area contributed by atoms with Gasteiger partial charge in [-0.15, -0.1) is 0 Å². The van der Waals surface area contributed by atoms with E-state index in [1.165, 1.54) is 31.3 Å². The van der Waals surface area contributed by atoms with Crippen molar-refractivity contribution < 1.29 is 5.11 Å². The van der Waals surface area contributed by atoms with Gasteiger partial charge in [0.25, 0.3) is 0 Å². The van der Waals surface area contributed by atoms with E-state index >= 15 is 0 Å². The summed E-state index contributed by atoms with van der Waals surface area (Å²) in [6.07, 6.45) is 2.17. The van der Waals surface area contributed by atoms with Crippen molar-refractivity contribution in [3.63, 3.8) is 0 Å². The Kier molecular flexibility index (Phi) is 3.87. The standard InChI is InChI=1S/C19H24N2O/c22-19(12-20-18-13-21-10-8-15(18)9-11-21)17-7-3-5-14-4-1-2-6-16(14)17/h1-7,15,18-20,22H,8-13H2. The maximum absolute atomic E-state index is 10.6. The van der Waals surface area contributed by atoms with E-state index in [0.29, 0.717) is 12.6 Å². The van der Waals surface area contributed by atoms with E-state index in [9.17, 15) is 5.11 Å². The highest BCUT2D eigenvalue weighted by atomic mass is 16.3. The zero-order valence-corrected chi connectivity index (χ0v) is 12.9. The fourth-order valence-corrected chi connectivity index (χ4v) is 4.11. The molecule has 2 atom stereocenters. The number of benzene rings is 2. The molecule has 3 fully saturated rings. The first-order chi connectivity index (χ1) is 10.8. The fourth-order valence-electron chi connectivity index (χ4n) is 4.11. The lowest BCUT2D eigenvalue weighted by atomic mass is 9.84. The third kappa shape index (κ3) is 2.65. The summed E-state index contributed by atoms with van der Waals surface area (Å²) in [5, 5.41) is 16.6. The number of hydrogen-bond acceptors (Lipinski definition) is 3. The highest BCUT2D eigenvalue weighted by Crippen LogP contribution is 2.28. The van der Waals surface area contributed by atoms with Gasteiger partial charge in [-0.2, -0.15) is 0 Å². The second-order valence-corrected chi connectivity index (χ2v) is 6.74. The molecule has 22 heavy (non-hydrogen) atoms. The van der Waals surface area contributed by atoms with Gasteiger partial charge in [-0.3, -0.25) is 0 Å². The monoisotopic (exact) mass is 296 g/mol. The minimum atomic E-state index is -0.443. The molecule has 2 aromatic rings. The van der Waals surface area contributed by atoms with Gasteiger partial charge in [0.1, 0.15) is 0 Å². The van der Waals surface area contributed by atoms with E-state index in [4.69, 9.17) is 0 Å². The first-order valence-corrected chi connectivity index (χ1v) is 8.43. The highest BCUT2D eigenvalue weighted by molar-refractivity contribution is 5.85. The average molecular weight is 296 g/mol. The van der Waals surface area contributed by atoms with Crippen LogP contribution >= 0.6 is 0 Å². The van der Waals surface area contributed by atoms with Crippen LogP contribution in [0.15, 0.2) is 42.5 Å². The normalized spacial score (nSPS) is 28.9. The van der Waals surface area contributed by atoms with E-state index in [2.05, 4.69) is 28.4 Å². The van der Waals surface area contributed by atoms with Crippen LogP contribution in [0.25, 0.3) is 10.8 Å². The minimum Gasteiger partial charge on any atom is -0.387 e. The van der Waals surface area contributed by atoms with Gasteiger partial charge in [0.05, 0.1) is 6.10 Å². The highest BCUT2D eigenvalue weighted by Gasteiger charge is 2.33. The summed E-state index contributed by atoms with van der Waals surface area (Å²) < 4.78 is 0. The van der Waals surface area contributed by atoms with E-state index in [0.717, 1.165) is 23.4 Å². The Morgan fingerprint density at radius 1 is 1.09 bits per heavy atom. The van der Waals surface area contributed by atoms with Crippen LogP contribution in [-0.4, -0.2) is 42.2 Å². The number of nitrogens with one attached hydrogen (secondary N) is 1. The Bertz CT molecular complexity index is 643. The van der Waals surface area contributed by atoms with E-state index in [1.807, 2.05) is 24.3 Å². The Morgan fingerprint density at radius 2 is 1.86 bits per heavy atom. The van der Waals surface area contributed by atoms with Crippen molar-refractivity contribution in [1.82, 2.24) is 10.2 Å². The zero-order valence-electron chi connectivity index (χ0n) is 12.9. The lowest BCUT2D eigenvalue weighted by Gasteiger charge is -2.45. The second kappa shape index (κ2) is 5.99. The molecule has 0 aliphatic carbocycles. The van der Waals surface area contributed by atoms with E-state index < -0.39 is 6.10 Å². The number of hydrogen-bond donors (Lipinski definition) is 2. The molecule has 116 valence electrons. The molecule has 0 saturated carbocycles. The largest absolute Gasteiger partial charge is 0.387 e. The van der Waals surface area contributed by atoms with Gasteiger partial charge in [0, 0.05) is 19.1 Å². The molecule has 0 aromatic heterocycles. The van der Waals surface area contributed by atoms with E-state index in [-0.39, 0.29) is 0 Å². The SMILES string of the molecule is OC(CNC1CN2CCC1CC2)c1cccc2ccccc12. The van der Waals surface area contributed by atoms with Gasteiger partial charge in [-0.05, 0) is 48.2 Å². The molecule has 3 aliphatic rings. The fraction of sp³-hybridized carbons (Fsp3) is 0.474. The summed E-state index contributed by atoms with van der Waals surface area (Å²) in [6.45, 7) is 4.30. The van der Waals surface area contributed by atoms with Crippen LogP contribution in [0, 0.1) is 5.92 Å². The van der Waals surface area contributed by atoms with Crippen LogP contribution in [-0.2, 0) is 0 Å². The Morgan fingerprint density at radius 3 is 2.64 bits per heavy atom. The molecule has 0 amide bonds. The number of rotatable bonds is 4. The van der Waals surface area contributed by atoms with Crippen molar-refractivity contribution in [3.8, 4) is 0 Å². The molecule has 2 unspecified atom stereocenters. The molecule has 0 spiro atoms. The van der Waals surface area contributed by atoms with E-state index in [1.54, 1.807) is 0 Å². The molecule has 3 nitrogen and oxygen atoms in total. The number of piperidine rings is 3. The summed E-state index contributed by atoms with van der Waals surface area (Å²) in [4.78, 5) is 2.54. The molecular weight excluding hydrogens is 272 g/mol. The van der Waals surface area contributed by atoms with Gasteiger partial charge in [0.2, 0.25) is 0 Å². The maximum Gasteiger partial charge on any atom is 0.0920 e. The molecule has 3 heterocycles. The van der Waals surface area contributed by atoms with Gasteiger partial charge in [-0.1, -0.05) is 42.5 Å². The van der Waals surface area contributed by atoms with Crippen molar-refractivity contribution in [2.24, 2.45) is 5.92 Å². The summed E-state index contributed by atoms with van der Waals surface area (Å²) in [5.41, 5.74) is 1.03. The predicted octanol–water partition coefficient (Wildman–Crippen LogP) is 2.56. The van der Waals surface area contributed by atoms with Crippen molar-refractivity contribution in [2.75, 3.05) is 26.2 Å². The molecule has 2 N–H and O–H groups in total. The van der Waals surface area contributed by atoms with Gasteiger partial charge >= 0.3 is 0 Å². The third-order valence-corrected chi connectivity index (χ3v) is 5.41. The van der Waals surface area contributed by atoms with Crippen LogP contribution < -0.4 is 5.32 Å².